The zero-order valence-corrected chi connectivity index (χ0v) is 10.7. The van der Waals surface area contributed by atoms with Crippen LogP contribution >= 0.6 is 11.6 Å². The van der Waals surface area contributed by atoms with Gasteiger partial charge in [-0.05, 0) is 50.2 Å². The van der Waals surface area contributed by atoms with Crippen molar-refractivity contribution in [2.75, 3.05) is 26.7 Å². The average molecular weight is 253 g/mol. The van der Waals surface area contributed by atoms with Crippen LogP contribution in [0.2, 0.25) is 5.02 Å². The molecule has 0 spiro atoms. The first kappa shape index (κ1) is 12.4. The van der Waals surface area contributed by atoms with Gasteiger partial charge >= 0.3 is 0 Å². The van der Waals surface area contributed by atoms with Crippen molar-refractivity contribution in [3.05, 3.63) is 34.9 Å². The Bertz CT molecular complexity index is 391. The van der Waals surface area contributed by atoms with E-state index in [-0.39, 0.29) is 5.91 Å². The molecule has 1 unspecified atom stereocenters. The minimum Gasteiger partial charge on any atom is -0.352 e. The van der Waals surface area contributed by atoms with Gasteiger partial charge in [0, 0.05) is 23.7 Å². The van der Waals surface area contributed by atoms with Crippen molar-refractivity contribution in [2.45, 2.75) is 6.42 Å². The van der Waals surface area contributed by atoms with Crippen LogP contribution in [0.3, 0.4) is 0 Å². The number of rotatable bonds is 3. The summed E-state index contributed by atoms with van der Waals surface area (Å²) < 4.78 is 0. The van der Waals surface area contributed by atoms with Crippen LogP contribution in [0.25, 0.3) is 0 Å². The van der Waals surface area contributed by atoms with Gasteiger partial charge < -0.3 is 10.2 Å². The summed E-state index contributed by atoms with van der Waals surface area (Å²) >= 11 is 5.78. The lowest BCUT2D eigenvalue weighted by Crippen LogP contribution is -2.30. The number of likely N-dealkylation sites (tertiary alicyclic amines) is 1. The number of carbonyl (C=O) groups is 1. The van der Waals surface area contributed by atoms with Crippen molar-refractivity contribution in [3.8, 4) is 0 Å². The molecule has 0 aromatic heterocycles. The highest BCUT2D eigenvalue weighted by molar-refractivity contribution is 6.30. The summed E-state index contributed by atoms with van der Waals surface area (Å²) in [6, 6.07) is 6.97. The molecule has 1 N–H and O–H groups in total. The number of hydrogen-bond acceptors (Lipinski definition) is 2. The maximum atomic E-state index is 11.8. The molecular weight excluding hydrogens is 236 g/mol. The third-order valence-corrected chi connectivity index (χ3v) is 3.40. The van der Waals surface area contributed by atoms with Gasteiger partial charge in [-0.15, -0.1) is 0 Å². The van der Waals surface area contributed by atoms with Crippen LogP contribution in [0.5, 0.6) is 0 Å². The van der Waals surface area contributed by atoms with Crippen molar-refractivity contribution in [1.82, 2.24) is 10.2 Å². The Hall–Kier alpha value is -1.06. The molecule has 17 heavy (non-hydrogen) atoms. The number of carbonyl (C=O) groups excluding carboxylic acids is 1. The number of halogens is 1. The van der Waals surface area contributed by atoms with E-state index in [1.165, 1.54) is 0 Å². The fourth-order valence-corrected chi connectivity index (χ4v) is 2.26. The number of nitrogens with one attached hydrogen (secondary N) is 1. The van der Waals surface area contributed by atoms with Gasteiger partial charge in [-0.3, -0.25) is 4.79 Å². The standard InChI is InChI=1S/C13H17ClN2O/c1-16-7-6-10(9-16)8-15-13(17)11-2-4-12(14)5-3-11/h2-5,10H,6-9H2,1H3,(H,15,17). The maximum absolute atomic E-state index is 11.8. The summed E-state index contributed by atoms with van der Waals surface area (Å²) in [4.78, 5) is 14.1. The summed E-state index contributed by atoms with van der Waals surface area (Å²) in [7, 11) is 2.11. The Morgan fingerprint density at radius 1 is 1.47 bits per heavy atom. The van der Waals surface area contributed by atoms with Gasteiger partial charge in [-0.1, -0.05) is 11.6 Å². The summed E-state index contributed by atoms with van der Waals surface area (Å²) in [6.45, 7) is 2.95. The normalized spacial score (nSPS) is 20.5. The third kappa shape index (κ3) is 3.45. The fraction of sp³-hybridized carbons (Fsp3) is 0.462. The highest BCUT2D eigenvalue weighted by Gasteiger charge is 2.19. The van der Waals surface area contributed by atoms with Gasteiger partial charge in [0.15, 0.2) is 0 Å². The van der Waals surface area contributed by atoms with Crippen LogP contribution in [0, 0.1) is 5.92 Å². The molecule has 1 aliphatic heterocycles. The molecule has 1 aliphatic rings. The van der Waals surface area contributed by atoms with Gasteiger partial charge in [0.2, 0.25) is 0 Å². The van der Waals surface area contributed by atoms with Crippen molar-refractivity contribution < 1.29 is 4.79 Å². The van der Waals surface area contributed by atoms with E-state index in [1.807, 2.05) is 0 Å². The molecule has 1 aromatic carbocycles. The molecule has 0 aliphatic carbocycles. The van der Waals surface area contributed by atoms with E-state index in [1.54, 1.807) is 24.3 Å². The van der Waals surface area contributed by atoms with E-state index in [2.05, 4.69) is 17.3 Å². The summed E-state index contributed by atoms with van der Waals surface area (Å²) in [5, 5.41) is 3.62. The van der Waals surface area contributed by atoms with E-state index < -0.39 is 0 Å². The zero-order chi connectivity index (χ0) is 12.3. The van der Waals surface area contributed by atoms with Crippen LogP contribution in [0.15, 0.2) is 24.3 Å². The average Bonchev–Trinajstić information content (AvgIpc) is 2.73. The Morgan fingerprint density at radius 2 is 2.18 bits per heavy atom. The van der Waals surface area contributed by atoms with E-state index in [0.717, 1.165) is 26.1 Å². The summed E-state index contributed by atoms with van der Waals surface area (Å²) in [5.74, 6) is 0.562. The molecular formula is C13H17ClN2O. The molecule has 0 bridgehead atoms. The van der Waals surface area contributed by atoms with Crippen LogP contribution in [0.1, 0.15) is 16.8 Å². The topological polar surface area (TPSA) is 32.3 Å². The fourth-order valence-electron chi connectivity index (χ4n) is 2.13. The lowest BCUT2D eigenvalue weighted by atomic mass is 10.1. The molecule has 0 saturated carbocycles. The smallest absolute Gasteiger partial charge is 0.251 e. The number of amides is 1. The van der Waals surface area contributed by atoms with Crippen molar-refractivity contribution in [1.29, 1.82) is 0 Å². The lowest BCUT2D eigenvalue weighted by Gasteiger charge is -2.11. The summed E-state index contributed by atoms with van der Waals surface area (Å²) in [6.07, 6.45) is 1.16. The Morgan fingerprint density at radius 3 is 2.76 bits per heavy atom. The van der Waals surface area contributed by atoms with Gasteiger partial charge in [-0.2, -0.15) is 0 Å². The quantitative estimate of drug-likeness (QED) is 0.893. The van der Waals surface area contributed by atoms with Gasteiger partial charge in [0.05, 0.1) is 0 Å². The first-order valence-corrected chi connectivity index (χ1v) is 6.25. The van der Waals surface area contributed by atoms with Crippen LogP contribution in [-0.2, 0) is 0 Å². The van der Waals surface area contributed by atoms with Crippen LogP contribution in [0.4, 0.5) is 0 Å². The van der Waals surface area contributed by atoms with Crippen molar-refractivity contribution in [2.24, 2.45) is 5.92 Å². The van der Waals surface area contributed by atoms with Crippen molar-refractivity contribution in [3.63, 3.8) is 0 Å². The van der Waals surface area contributed by atoms with E-state index >= 15 is 0 Å². The molecule has 2 rings (SSSR count). The maximum Gasteiger partial charge on any atom is 0.251 e. The molecule has 1 atom stereocenters. The predicted octanol–water partition coefficient (Wildman–Crippen LogP) is 2.02. The second kappa shape index (κ2) is 5.52. The van der Waals surface area contributed by atoms with E-state index in [9.17, 15) is 4.79 Å². The molecule has 1 fully saturated rings. The Kier molecular flexibility index (Phi) is 4.02. The number of nitrogens with zero attached hydrogens (tertiary/aromatic N) is 1. The van der Waals surface area contributed by atoms with Gasteiger partial charge in [0.25, 0.3) is 5.91 Å². The minimum absolute atomic E-state index is 0.0174. The first-order valence-electron chi connectivity index (χ1n) is 5.87. The molecule has 4 heteroatoms. The second-order valence-electron chi connectivity index (χ2n) is 4.63. The molecule has 1 heterocycles. The Labute approximate surface area is 107 Å². The highest BCUT2D eigenvalue weighted by atomic mass is 35.5. The minimum atomic E-state index is -0.0174. The highest BCUT2D eigenvalue weighted by Crippen LogP contribution is 2.13. The molecule has 92 valence electrons. The number of hydrogen-bond donors (Lipinski definition) is 1. The second-order valence-corrected chi connectivity index (χ2v) is 5.07. The van der Waals surface area contributed by atoms with Crippen LogP contribution in [-0.4, -0.2) is 37.5 Å². The predicted molar refractivity (Wildman–Crippen MR) is 69.4 cm³/mol. The first-order chi connectivity index (χ1) is 8.15. The van der Waals surface area contributed by atoms with Gasteiger partial charge in [-0.25, -0.2) is 0 Å². The van der Waals surface area contributed by atoms with Crippen LogP contribution < -0.4 is 5.32 Å². The third-order valence-electron chi connectivity index (χ3n) is 3.15. The number of benzene rings is 1. The molecule has 1 aromatic rings. The van der Waals surface area contributed by atoms with E-state index in [0.29, 0.717) is 16.5 Å². The molecule has 3 nitrogen and oxygen atoms in total. The van der Waals surface area contributed by atoms with Crippen molar-refractivity contribution >= 4 is 17.5 Å². The monoisotopic (exact) mass is 252 g/mol. The van der Waals surface area contributed by atoms with Gasteiger partial charge in [0.1, 0.15) is 0 Å². The summed E-state index contributed by atoms with van der Waals surface area (Å²) in [5.41, 5.74) is 0.667. The largest absolute Gasteiger partial charge is 0.352 e. The molecule has 0 radical (unpaired) electrons. The SMILES string of the molecule is CN1CCC(CNC(=O)c2ccc(Cl)cc2)C1. The lowest BCUT2D eigenvalue weighted by molar-refractivity contribution is 0.0947. The molecule has 1 saturated heterocycles. The molecule has 1 amide bonds. The van der Waals surface area contributed by atoms with E-state index in [4.69, 9.17) is 11.6 Å². The Balaban J connectivity index is 1.83. The zero-order valence-electron chi connectivity index (χ0n) is 9.95.